The summed E-state index contributed by atoms with van der Waals surface area (Å²) >= 11 is 0. The Kier molecular flexibility index (Phi) is 6.06. The van der Waals surface area contributed by atoms with Crippen molar-refractivity contribution in [3.63, 3.8) is 0 Å². The third-order valence-corrected chi connectivity index (χ3v) is 4.43. The van der Waals surface area contributed by atoms with Crippen molar-refractivity contribution in [3.05, 3.63) is 18.3 Å². The lowest BCUT2D eigenvalue weighted by atomic mass is 9.90. The smallest absolute Gasteiger partial charge is 0.319 e. The molecule has 3 rings (SSSR count). The molecule has 0 saturated carbocycles. The molecule has 1 aromatic rings. The number of nitrogens with one attached hydrogen (secondary N) is 2. The van der Waals surface area contributed by atoms with Crippen molar-refractivity contribution in [2.75, 3.05) is 45.5 Å². The first-order valence-electron chi connectivity index (χ1n) is 8.56. The van der Waals surface area contributed by atoms with Gasteiger partial charge >= 0.3 is 6.03 Å². The van der Waals surface area contributed by atoms with Crippen LogP contribution in [0.3, 0.4) is 0 Å². The van der Waals surface area contributed by atoms with Gasteiger partial charge in [0.25, 0.3) is 0 Å². The zero-order valence-corrected chi connectivity index (χ0v) is 14.5. The average Bonchev–Trinajstić information content (AvgIpc) is 3.04. The third-order valence-electron chi connectivity index (χ3n) is 4.43. The van der Waals surface area contributed by atoms with Crippen LogP contribution < -0.4 is 15.4 Å². The Morgan fingerprint density at radius 1 is 1.40 bits per heavy atom. The molecule has 1 spiro atoms. The maximum absolute atomic E-state index is 12.2. The Bertz CT molecular complexity index is 560. The van der Waals surface area contributed by atoms with Crippen LogP contribution in [0.2, 0.25) is 0 Å². The van der Waals surface area contributed by atoms with Gasteiger partial charge in [0.2, 0.25) is 5.88 Å². The van der Waals surface area contributed by atoms with E-state index in [0.29, 0.717) is 38.0 Å². The fourth-order valence-electron chi connectivity index (χ4n) is 3.14. The Hall–Kier alpha value is -1.90. The molecule has 2 fully saturated rings. The van der Waals surface area contributed by atoms with Crippen LogP contribution in [-0.2, 0) is 14.2 Å². The number of aromatic nitrogens is 1. The number of rotatable bonds is 6. The minimum absolute atomic E-state index is 0.0834. The summed E-state index contributed by atoms with van der Waals surface area (Å²) in [6.45, 7) is 2.92. The number of carbonyl (C=O) groups is 1. The fourth-order valence-corrected chi connectivity index (χ4v) is 3.14. The highest BCUT2D eigenvalue weighted by Gasteiger charge is 2.41. The number of ether oxygens (including phenoxy) is 4. The molecule has 2 N–H and O–H groups in total. The summed E-state index contributed by atoms with van der Waals surface area (Å²) < 4.78 is 21.6. The van der Waals surface area contributed by atoms with Gasteiger partial charge in [0.05, 0.1) is 30.7 Å². The molecule has 1 aromatic heterocycles. The highest BCUT2D eigenvalue weighted by atomic mass is 16.6. The summed E-state index contributed by atoms with van der Waals surface area (Å²) in [6, 6.07) is 3.31. The third kappa shape index (κ3) is 5.04. The van der Waals surface area contributed by atoms with E-state index in [2.05, 4.69) is 15.6 Å². The summed E-state index contributed by atoms with van der Waals surface area (Å²) in [4.78, 5) is 16.4. The number of hydrogen-bond donors (Lipinski definition) is 2. The van der Waals surface area contributed by atoms with Gasteiger partial charge in [-0.25, -0.2) is 9.78 Å². The van der Waals surface area contributed by atoms with E-state index in [1.807, 2.05) is 0 Å². The van der Waals surface area contributed by atoms with E-state index in [9.17, 15) is 4.79 Å². The summed E-state index contributed by atoms with van der Waals surface area (Å²) in [5, 5.41) is 5.81. The first-order chi connectivity index (χ1) is 12.2. The van der Waals surface area contributed by atoms with Gasteiger partial charge in [-0.3, -0.25) is 0 Å². The normalized spacial score (nSPS) is 25.7. The molecule has 3 heterocycles. The van der Waals surface area contributed by atoms with Crippen molar-refractivity contribution in [2.24, 2.45) is 0 Å². The van der Waals surface area contributed by atoms with Crippen LogP contribution in [0.15, 0.2) is 18.3 Å². The van der Waals surface area contributed by atoms with E-state index in [-0.39, 0.29) is 17.7 Å². The summed E-state index contributed by atoms with van der Waals surface area (Å²) in [5.41, 5.74) is 0.390. The van der Waals surface area contributed by atoms with Crippen LogP contribution in [0.25, 0.3) is 0 Å². The molecule has 2 aliphatic heterocycles. The predicted octanol–water partition coefficient (Wildman–Crippen LogP) is 1.57. The van der Waals surface area contributed by atoms with Crippen molar-refractivity contribution in [2.45, 2.75) is 30.9 Å². The van der Waals surface area contributed by atoms with Crippen LogP contribution in [0, 0.1) is 0 Å². The number of nitrogens with zero attached hydrogens (tertiary/aromatic N) is 1. The van der Waals surface area contributed by atoms with Crippen molar-refractivity contribution in [1.29, 1.82) is 0 Å². The molecule has 8 heteroatoms. The van der Waals surface area contributed by atoms with E-state index in [1.165, 1.54) is 0 Å². The van der Waals surface area contributed by atoms with Crippen molar-refractivity contribution >= 4 is 11.7 Å². The average molecular weight is 351 g/mol. The van der Waals surface area contributed by atoms with Crippen molar-refractivity contribution in [3.8, 4) is 5.88 Å². The number of carbonyl (C=O) groups excluding carboxylic acids is 1. The van der Waals surface area contributed by atoms with Crippen LogP contribution in [0.4, 0.5) is 10.5 Å². The second-order valence-electron chi connectivity index (χ2n) is 6.35. The van der Waals surface area contributed by atoms with E-state index in [4.69, 9.17) is 18.9 Å². The lowest BCUT2D eigenvalue weighted by Gasteiger charge is -2.37. The van der Waals surface area contributed by atoms with Crippen LogP contribution in [0.1, 0.15) is 19.3 Å². The van der Waals surface area contributed by atoms with Gasteiger partial charge in [-0.1, -0.05) is 0 Å². The molecule has 2 amide bonds. The number of urea groups is 1. The maximum Gasteiger partial charge on any atom is 0.319 e. The Morgan fingerprint density at radius 2 is 2.32 bits per heavy atom. The van der Waals surface area contributed by atoms with Crippen LogP contribution in [0.5, 0.6) is 5.88 Å². The van der Waals surface area contributed by atoms with Gasteiger partial charge in [-0.15, -0.1) is 0 Å². The molecule has 0 aliphatic carbocycles. The molecule has 0 aromatic carbocycles. The molecule has 138 valence electrons. The van der Waals surface area contributed by atoms with Gasteiger partial charge in [0.15, 0.2) is 0 Å². The molecule has 0 radical (unpaired) electrons. The highest BCUT2D eigenvalue weighted by molar-refractivity contribution is 5.89. The fraction of sp³-hybridized carbons (Fsp3) is 0.647. The molecular weight excluding hydrogens is 326 g/mol. The van der Waals surface area contributed by atoms with Gasteiger partial charge < -0.3 is 29.6 Å². The SMILES string of the molecule is COCCOc1ccc(NC(=O)N[C@@H]2CCO[C@@]3(CCOC3)C2)cn1. The Morgan fingerprint density at radius 3 is 3.04 bits per heavy atom. The first kappa shape index (κ1) is 17.9. The molecule has 2 aliphatic rings. The number of hydrogen-bond acceptors (Lipinski definition) is 6. The van der Waals surface area contributed by atoms with Gasteiger partial charge in [-0.05, 0) is 18.9 Å². The van der Waals surface area contributed by atoms with Crippen LogP contribution in [-0.4, -0.2) is 62.8 Å². The standard InChI is InChI=1S/C17H25N3O5/c1-22-8-9-24-15-3-2-14(11-18-15)20-16(21)19-13-4-6-25-17(10-13)5-7-23-12-17/h2-3,11,13H,4-10,12H2,1H3,(H2,19,20,21)/t13-,17+/m1/s1. The van der Waals surface area contributed by atoms with Gasteiger partial charge in [-0.2, -0.15) is 0 Å². The van der Waals surface area contributed by atoms with E-state index in [1.54, 1.807) is 25.4 Å². The van der Waals surface area contributed by atoms with Crippen molar-refractivity contribution < 1.29 is 23.7 Å². The molecule has 0 unspecified atom stereocenters. The van der Waals surface area contributed by atoms with E-state index < -0.39 is 0 Å². The molecular formula is C17H25N3O5. The highest BCUT2D eigenvalue weighted by Crippen LogP contribution is 2.32. The van der Waals surface area contributed by atoms with E-state index >= 15 is 0 Å². The zero-order chi connectivity index (χ0) is 17.5. The second-order valence-corrected chi connectivity index (χ2v) is 6.35. The number of pyridine rings is 1. The summed E-state index contributed by atoms with van der Waals surface area (Å²) in [7, 11) is 1.61. The minimum Gasteiger partial charge on any atom is -0.475 e. The molecule has 2 atom stereocenters. The Labute approximate surface area is 147 Å². The molecule has 8 nitrogen and oxygen atoms in total. The minimum atomic E-state index is -0.240. The summed E-state index contributed by atoms with van der Waals surface area (Å²) in [5.74, 6) is 0.496. The molecule has 25 heavy (non-hydrogen) atoms. The van der Waals surface area contributed by atoms with Gasteiger partial charge in [0.1, 0.15) is 6.61 Å². The topological polar surface area (TPSA) is 90.9 Å². The number of methoxy groups -OCH3 is 1. The lowest BCUT2D eigenvalue weighted by Crippen LogP contribution is -2.49. The quantitative estimate of drug-likeness (QED) is 0.756. The summed E-state index contributed by atoms with van der Waals surface area (Å²) in [6.07, 6.45) is 4.05. The first-order valence-corrected chi connectivity index (χ1v) is 8.56. The molecule has 0 bridgehead atoms. The van der Waals surface area contributed by atoms with E-state index in [0.717, 1.165) is 25.9 Å². The number of anilines is 1. The second kappa shape index (κ2) is 8.46. The maximum atomic E-state index is 12.2. The zero-order valence-electron chi connectivity index (χ0n) is 14.5. The van der Waals surface area contributed by atoms with Crippen molar-refractivity contribution in [1.82, 2.24) is 10.3 Å². The molecule has 2 saturated heterocycles. The largest absolute Gasteiger partial charge is 0.475 e. The monoisotopic (exact) mass is 351 g/mol. The van der Waals surface area contributed by atoms with Gasteiger partial charge in [0, 0.05) is 38.9 Å². The lowest BCUT2D eigenvalue weighted by molar-refractivity contribution is -0.0877. The Balaban J connectivity index is 1.45. The predicted molar refractivity (Wildman–Crippen MR) is 90.9 cm³/mol. The van der Waals surface area contributed by atoms with Crippen LogP contribution >= 0.6 is 0 Å². The number of amides is 2.